The van der Waals surface area contributed by atoms with E-state index in [0.717, 1.165) is 17.8 Å². The normalized spacial score (nSPS) is 14.8. The molecular formula is C65H49N. The van der Waals surface area contributed by atoms with E-state index in [0.29, 0.717) is 0 Å². The van der Waals surface area contributed by atoms with Crippen molar-refractivity contribution in [3.63, 3.8) is 0 Å². The molecule has 314 valence electrons. The maximum absolute atomic E-state index is 2.56. The minimum absolute atomic E-state index is 0.0651. The number of rotatable bonds is 8. The quantitative estimate of drug-likeness (QED) is 0.138. The molecule has 0 amide bonds. The minimum Gasteiger partial charge on any atom is -0.313 e. The molecule has 0 spiro atoms. The number of hydrogen-bond acceptors (Lipinski definition) is 1. The van der Waals surface area contributed by atoms with Crippen LogP contribution >= 0.6 is 0 Å². The fraction of sp³-hybridized carbons (Fsp3) is 0.0769. The van der Waals surface area contributed by atoms with E-state index in [-0.39, 0.29) is 11.3 Å². The molecule has 0 saturated heterocycles. The largest absolute Gasteiger partial charge is 0.313 e. The van der Waals surface area contributed by atoms with Gasteiger partial charge in [-0.3, -0.25) is 0 Å². The average molecular weight is 844 g/mol. The Balaban J connectivity index is 1.05. The van der Waals surface area contributed by atoms with Gasteiger partial charge in [-0.1, -0.05) is 232 Å². The van der Waals surface area contributed by atoms with Gasteiger partial charge in [0.05, 0.1) is 5.69 Å². The summed E-state index contributed by atoms with van der Waals surface area (Å²) in [6.07, 6.45) is 7.84. The maximum atomic E-state index is 2.56. The molecule has 12 rings (SSSR count). The van der Waals surface area contributed by atoms with Gasteiger partial charge in [-0.05, 0) is 119 Å². The van der Waals surface area contributed by atoms with Crippen LogP contribution in [0.1, 0.15) is 42.9 Å². The minimum atomic E-state index is -0.109. The second kappa shape index (κ2) is 16.2. The zero-order valence-electron chi connectivity index (χ0n) is 37.3. The summed E-state index contributed by atoms with van der Waals surface area (Å²) in [5, 5.41) is 5.09. The second-order valence-electron chi connectivity index (χ2n) is 18.3. The summed E-state index contributed by atoms with van der Waals surface area (Å²) in [6, 6.07) is 83.1. The molecule has 10 aromatic rings. The van der Waals surface area contributed by atoms with Gasteiger partial charge in [0.25, 0.3) is 0 Å². The van der Waals surface area contributed by atoms with Crippen LogP contribution in [0.3, 0.4) is 0 Å². The Hall–Kier alpha value is -8.00. The Morgan fingerprint density at radius 1 is 0.409 bits per heavy atom. The van der Waals surface area contributed by atoms with Crippen LogP contribution in [0.15, 0.2) is 248 Å². The Bertz CT molecular complexity index is 3530. The van der Waals surface area contributed by atoms with Crippen LogP contribution in [-0.2, 0) is 5.41 Å². The van der Waals surface area contributed by atoms with Crippen molar-refractivity contribution in [1.29, 1.82) is 0 Å². The van der Waals surface area contributed by atoms with Crippen LogP contribution in [-0.4, -0.2) is 0 Å². The van der Waals surface area contributed by atoms with Crippen LogP contribution in [0.5, 0.6) is 0 Å². The first-order chi connectivity index (χ1) is 32.5. The smallest absolute Gasteiger partial charge is 0.0537 e. The van der Waals surface area contributed by atoms with Crippen LogP contribution in [0.2, 0.25) is 0 Å². The second-order valence-corrected chi connectivity index (χ2v) is 18.3. The first-order valence-electron chi connectivity index (χ1n) is 23.3. The van der Waals surface area contributed by atoms with Gasteiger partial charge in [-0.2, -0.15) is 0 Å². The molecule has 0 aliphatic heterocycles. The number of hydrogen-bond donors (Lipinski definition) is 0. The lowest BCUT2D eigenvalue weighted by Crippen LogP contribution is -2.24. The molecule has 1 heteroatoms. The molecule has 0 N–H and O–H groups in total. The molecule has 0 aromatic heterocycles. The van der Waals surface area contributed by atoms with E-state index in [9.17, 15) is 0 Å². The van der Waals surface area contributed by atoms with Gasteiger partial charge in [0.15, 0.2) is 0 Å². The maximum Gasteiger partial charge on any atom is 0.0537 e. The van der Waals surface area contributed by atoms with Crippen molar-refractivity contribution in [3.05, 3.63) is 265 Å². The highest BCUT2D eigenvalue weighted by atomic mass is 15.2. The van der Waals surface area contributed by atoms with E-state index in [2.05, 4.69) is 261 Å². The predicted molar refractivity (Wildman–Crippen MR) is 280 cm³/mol. The lowest BCUT2D eigenvalue weighted by atomic mass is 9.81. The van der Waals surface area contributed by atoms with Crippen molar-refractivity contribution in [2.24, 2.45) is 0 Å². The number of nitrogens with zero attached hydrogens (tertiary/aromatic N) is 1. The SMILES string of the molecule is CC1(C)c2ccccc2-c2c(-c3ccccc3N(C3=CC=CCC3c3ccccc3-c3ccccc3-c3ccccc3)c3ccc(-c4cccc5c4ccc4ccccc45)cc3)cccc21. The predicted octanol–water partition coefficient (Wildman–Crippen LogP) is 17.7. The monoisotopic (exact) mass is 843 g/mol. The summed E-state index contributed by atoms with van der Waals surface area (Å²) in [6.45, 7) is 4.74. The third kappa shape index (κ3) is 6.54. The summed E-state index contributed by atoms with van der Waals surface area (Å²) in [5.41, 5.74) is 20.0. The number of anilines is 2. The molecule has 0 heterocycles. The zero-order valence-corrected chi connectivity index (χ0v) is 37.3. The summed E-state index contributed by atoms with van der Waals surface area (Å²) < 4.78 is 0. The van der Waals surface area contributed by atoms with E-state index in [4.69, 9.17) is 0 Å². The molecule has 0 fully saturated rings. The van der Waals surface area contributed by atoms with Crippen molar-refractivity contribution in [2.75, 3.05) is 4.90 Å². The first kappa shape index (κ1) is 39.6. The average Bonchev–Trinajstić information content (AvgIpc) is 3.62. The molecule has 1 atom stereocenters. The first-order valence-corrected chi connectivity index (χ1v) is 23.3. The van der Waals surface area contributed by atoms with Gasteiger partial charge >= 0.3 is 0 Å². The summed E-state index contributed by atoms with van der Waals surface area (Å²) in [7, 11) is 0. The van der Waals surface area contributed by atoms with Crippen molar-refractivity contribution < 1.29 is 0 Å². The summed E-state index contributed by atoms with van der Waals surface area (Å²) in [4.78, 5) is 2.56. The highest BCUT2D eigenvalue weighted by Crippen LogP contribution is 2.54. The third-order valence-corrected chi connectivity index (χ3v) is 14.3. The molecule has 1 nitrogen and oxygen atoms in total. The fourth-order valence-electron chi connectivity index (χ4n) is 11.2. The number of para-hydroxylation sites is 1. The van der Waals surface area contributed by atoms with Gasteiger partial charge < -0.3 is 4.90 Å². The molecule has 1 unspecified atom stereocenters. The molecular weight excluding hydrogens is 795 g/mol. The standard InChI is InChI=1S/C65H49N/c1-65(2)60-34-15-12-30-59(60)64-58(33-19-35-61(64)65)57-29-14-17-37-63(57)66(47-41-38-46(39-42-47)50-31-18-32-52-49-23-7-6-22-45(49)40-43-55(50)52)62-36-16-13-28-56(62)54-27-11-10-26-53(54)51-25-9-8-24-48(51)44-20-4-3-5-21-44/h3-27,29-43,56H,28H2,1-2H3. The van der Waals surface area contributed by atoms with E-state index < -0.39 is 0 Å². The lowest BCUT2D eigenvalue weighted by Gasteiger charge is -2.36. The van der Waals surface area contributed by atoms with Crippen LogP contribution in [0, 0.1) is 0 Å². The topological polar surface area (TPSA) is 3.24 Å². The summed E-state index contributed by atoms with van der Waals surface area (Å²) in [5.74, 6) is 0.0651. The van der Waals surface area contributed by atoms with Gasteiger partial charge in [0, 0.05) is 28.3 Å². The summed E-state index contributed by atoms with van der Waals surface area (Å²) >= 11 is 0. The van der Waals surface area contributed by atoms with Gasteiger partial charge in [-0.25, -0.2) is 0 Å². The molecule has 10 aromatic carbocycles. The van der Waals surface area contributed by atoms with E-state index >= 15 is 0 Å². The van der Waals surface area contributed by atoms with Crippen LogP contribution in [0.25, 0.3) is 77.2 Å². The van der Waals surface area contributed by atoms with Crippen LogP contribution in [0.4, 0.5) is 11.4 Å². The van der Waals surface area contributed by atoms with Gasteiger partial charge in [0.1, 0.15) is 0 Å². The Kier molecular flexibility index (Phi) is 9.72. The van der Waals surface area contributed by atoms with Gasteiger partial charge in [0.2, 0.25) is 0 Å². The number of fused-ring (bicyclic) bond motifs is 6. The third-order valence-electron chi connectivity index (χ3n) is 14.3. The molecule has 66 heavy (non-hydrogen) atoms. The lowest BCUT2D eigenvalue weighted by molar-refractivity contribution is 0.660. The Labute approximate surface area is 388 Å². The molecule has 2 aliphatic rings. The number of allylic oxidation sites excluding steroid dienone is 4. The zero-order chi connectivity index (χ0) is 44.2. The Morgan fingerprint density at radius 3 is 1.86 bits per heavy atom. The van der Waals surface area contributed by atoms with Crippen molar-refractivity contribution >= 4 is 32.9 Å². The van der Waals surface area contributed by atoms with Crippen molar-refractivity contribution in [2.45, 2.75) is 31.6 Å². The Morgan fingerprint density at radius 2 is 1.02 bits per heavy atom. The molecule has 0 saturated carbocycles. The molecule has 0 bridgehead atoms. The highest BCUT2D eigenvalue weighted by molar-refractivity contribution is 6.12. The van der Waals surface area contributed by atoms with Crippen molar-refractivity contribution in [3.8, 4) is 55.6 Å². The van der Waals surface area contributed by atoms with E-state index in [1.54, 1.807) is 0 Å². The number of benzene rings is 10. The van der Waals surface area contributed by atoms with Crippen LogP contribution < -0.4 is 4.90 Å². The highest BCUT2D eigenvalue weighted by Gasteiger charge is 2.37. The van der Waals surface area contributed by atoms with E-state index in [1.165, 1.54) is 99.6 Å². The van der Waals surface area contributed by atoms with Crippen molar-refractivity contribution in [1.82, 2.24) is 0 Å². The molecule has 0 radical (unpaired) electrons. The van der Waals surface area contributed by atoms with E-state index in [1.807, 2.05) is 0 Å². The molecule has 2 aliphatic carbocycles. The fourth-order valence-corrected chi connectivity index (χ4v) is 11.2. The van der Waals surface area contributed by atoms with Gasteiger partial charge in [-0.15, -0.1) is 0 Å².